The Bertz CT molecular complexity index is 430. The van der Waals surface area contributed by atoms with Crippen LogP contribution < -0.4 is 4.74 Å². The summed E-state index contributed by atoms with van der Waals surface area (Å²) < 4.78 is 40.0. The number of aryl methyl sites for hydroxylation is 1. The summed E-state index contributed by atoms with van der Waals surface area (Å²) in [6.45, 7) is 4.54. The summed E-state index contributed by atoms with van der Waals surface area (Å²) in [5.41, 5.74) is 1.37. The Morgan fingerprint density at radius 2 is 1.70 bits per heavy atom. The fourth-order valence-corrected chi connectivity index (χ4v) is 2.55. The standard InChI is InChI=1S/C16H21F3O/c1-15(2,11-13-3-4-13)10-9-12-5-7-14(8-6-12)20-16(17,18)19/h5-8,13H,3-4,9-11H2,1-2H3. The molecule has 1 aliphatic carbocycles. The van der Waals surface area contributed by atoms with Gasteiger partial charge in [0, 0.05) is 0 Å². The number of rotatable bonds is 6. The first-order valence-corrected chi connectivity index (χ1v) is 7.08. The van der Waals surface area contributed by atoms with Crippen LogP contribution in [0.5, 0.6) is 5.75 Å². The molecule has 1 fully saturated rings. The van der Waals surface area contributed by atoms with E-state index in [1.54, 1.807) is 12.1 Å². The normalized spacial score (nSPS) is 16.2. The van der Waals surface area contributed by atoms with E-state index in [0.717, 1.165) is 24.3 Å². The summed E-state index contributed by atoms with van der Waals surface area (Å²) in [6, 6.07) is 6.20. The van der Waals surface area contributed by atoms with E-state index in [1.807, 2.05) is 0 Å². The molecule has 0 heterocycles. The molecule has 0 radical (unpaired) electrons. The van der Waals surface area contributed by atoms with Crippen LogP contribution in [-0.4, -0.2) is 6.36 Å². The Balaban J connectivity index is 1.84. The van der Waals surface area contributed by atoms with Crippen molar-refractivity contribution in [2.75, 3.05) is 0 Å². The summed E-state index contributed by atoms with van der Waals surface area (Å²) in [7, 11) is 0. The fraction of sp³-hybridized carbons (Fsp3) is 0.625. The van der Waals surface area contributed by atoms with Gasteiger partial charge in [-0.3, -0.25) is 0 Å². The third kappa shape index (κ3) is 5.43. The van der Waals surface area contributed by atoms with E-state index >= 15 is 0 Å². The number of hydrogen-bond acceptors (Lipinski definition) is 1. The van der Waals surface area contributed by atoms with Crippen molar-refractivity contribution in [1.29, 1.82) is 0 Å². The third-order valence-electron chi connectivity index (χ3n) is 3.79. The number of ether oxygens (including phenoxy) is 1. The molecule has 0 bridgehead atoms. The van der Waals surface area contributed by atoms with E-state index in [-0.39, 0.29) is 5.75 Å². The second kappa shape index (κ2) is 5.66. The Kier molecular flexibility index (Phi) is 4.31. The number of hydrogen-bond donors (Lipinski definition) is 0. The second-order valence-electron chi connectivity index (χ2n) is 6.50. The van der Waals surface area contributed by atoms with Gasteiger partial charge >= 0.3 is 6.36 Å². The summed E-state index contributed by atoms with van der Waals surface area (Å²) in [5.74, 6) is 0.742. The van der Waals surface area contributed by atoms with Gasteiger partial charge in [0.15, 0.2) is 0 Å². The molecule has 112 valence electrons. The molecule has 1 aromatic rings. The van der Waals surface area contributed by atoms with Crippen molar-refractivity contribution in [1.82, 2.24) is 0 Å². The molecule has 0 N–H and O–H groups in total. The van der Waals surface area contributed by atoms with Crippen LogP contribution in [0.4, 0.5) is 13.2 Å². The molecule has 1 nitrogen and oxygen atoms in total. The van der Waals surface area contributed by atoms with Gasteiger partial charge in [-0.25, -0.2) is 0 Å². The lowest BCUT2D eigenvalue weighted by Crippen LogP contribution is -2.17. The summed E-state index contributed by atoms with van der Waals surface area (Å²) in [4.78, 5) is 0. The molecule has 2 rings (SSSR count). The average Bonchev–Trinajstić information content (AvgIpc) is 3.09. The Morgan fingerprint density at radius 1 is 1.10 bits per heavy atom. The third-order valence-corrected chi connectivity index (χ3v) is 3.79. The molecule has 0 amide bonds. The van der Waals surface area contributed by atoms with Crippen LogP contribution in [0.2, 0.25) is 0 Å². The maximum Gasteiger partial charge on any atom is 0.573 e. The highest BCUT2D eigenvalue weighted by Gasteiger charge is 2.31. The predicted molar refractivity (Wildman–Crippen MR) is 72.6 cm³/mol. The molecule has 0 aliphatic heterocycles. The summed E-state index contributed by atoms with van der Waals surface area (Å²) in [5, 5.41) is 0. The summed E-state index contributed by atoms with van der Waals surface area (Å²) in [6.07, 6.45) is 1.30. The molecular formula is C16H21F3O. The van der Waals surface area contributed by atoms with E-state index in [9.17, 15) is 13.2 Å². The molecule has 0 spiro atoms. The minimum absolute atomic E-state index is 0.154. The number of halogens is 3. The zero-order valence-corrected chi connectivity index (χ0v) is 12.0. The topological polar surface area (TPSA) is 9.23 Å². The highest BCUT2D eigenvalue weighted by molar-refractivity contribution is 5.27. The predicted octanol–water partition coefficient (Wildman–Crippen LogP) is 5.34. The molecule has 0 saturated heterocycles. The van der Waals surface area contributed by atoms with Gasteiger partial charge in [-0.1, -0.05) is 38.8 Å². The average molecular weight is 286 g/mol. The van der Waals surface area contributed by atoms with Crippen molar-refractivity contribution in [3.63, 3.8) is 0 Å². The highest BCUT2D eigenvalue weighted by Crippen LogP contribution is 2.42. The molecule has 4 heteroatoms. The van der Waals surface area contributed by atoms with E-state index in [4.69, 9.17) is 0 Å². The van der Waals surface area contributed by atoms with Crippen LogP contribution in [-0.2, 0) is 6.42 Å². The van der Waals surface area contributed by atoms with E-state index < -0.39 is 6.36 Å². The summed E-state index contributed by atoms with van der Waals surface area (Å²) >= 11 is 0. The second-order valence-corrected chi connectivity index (χ2v) is 6.50. The Labute approximate surface area is 118 Å². The molecule has 0 aromatic heterocycles. The van der Waals surface area contributed by atoms with Gasteiger partial charge in [-0.05, 0) is 48.3 Å². The largest absolute Gasteiger partial charge is 0.573 e. The van der Waals surface area contributed by atoms with Gasteiger partial charge in [0.1, 0.15) is 5.75 Å². The van der Waals surface area contributed by atoms with Crippen molar-refractivity contribution in [2.45, 2.75) is 52.3 Å². The minimum Gasteiger partial charge on any atom is -0.406 e. The van der Waals surface area contributed by atoms with Gasteiger partial charge in [0.25, 0.3) is 0 Å². The van der Waals surface area contributed by atoms with E-state index in [2.05, 4.69) is 18.6 Å². The first-order valence-electron chi connectivity index (χ1n) is 7.08. The van der Waals surface area contributed by atoms with Crippen LogP contribution >= 0.6 is 0 Å². The van der Waals surface area contributed by atoms with Crippen molar-refractivity contribution in [2.24, 2.45) is 11.3 Å². The van der Waals surface area contributed by atoms with Crippen LogP contribution in [0.15, 0.2) is 24.3 Å². The van der Waals surface area contributed by atoms with Gasteiger partial charge in [0.05, 0.1) is 0 Å². The lowest BCUT2D eigenvalue weighted by molar-refractivity contribution is -0.274. The van der Waals surface area contributed by atoms with Crippen molar-refractivity contribution in [3.8, 4) is 5.75 Å². The van der Waals surface area contributed by atoms with Crippen molar-refractivity contribution < 1.29 is 17.9 Å². The Hall–Kier alpha value is -1.19. The quantitative estimate of drug-likeness (QED) is 0.685. The van der Waals surface area contributed by atoms with Crippen LogP contribution in [0.25, 0.3) is 0 Å². The SMILES string of the molecule is CC(C)(CCc1ccc(OC(F)(F)F)cc1)CC1CC1. The number of alkyl halides is 3. The monoisotopic (exact) mass is 286 g/mol. The van der Waals surface area contributed by atoms with Crippen LogP contribution in [0.1, 0.15) is 45.1 Å². The lowest BCUT2D eigenvalue weighted by Gasteiger charge is -2.24. The van der Waals surface area contributed by atoms with Gasteiger partial charge in [0.2, 0.25) is 0 Å². The van der Waals surface area contributed by atoms with Crippen LogP contribution in [0.3, 0.4) is 0 Å². The van der Waals surface area contributed by atoms with Gasteiger partial charge in [-0.15, -0.1) is 13.2 Å². The fourth-order valence-electron chi connectivity index (χ4n) is 2.55. The maximum atomic E-state index is 12.1. The Morgan fingerprint density at radius 3 is 2.20 bits per heavy atom. The molecule has 0 atom stereocenters. The van der Waals surface area contributed by atoms with Gasteiger partial charge < -0.3 is 4.74 Å². The first-order chi connectivity index (χ1) is 9.23. The first kappa shape index (κ1) is 15.2. The highest BCUT2D eigenvalue weighted by atomic mass is 19.4. The molecule has 1 aromatic carbocycles. The zero-order chi connectivity index (χ0) is 14.8. The van der Waals surface area contributed by atoms with Gasteiger partial charge in [-0.2, -0.15) is 0 Å². The molecular weight excluding hydrogens is 265 g/mol. The van der Waals surface area contributed by atoms with E-state index in [0.29, 0.717) is 5.41 Å². The minimum atomic E-state index is -4.62. The molecule has 0 unspecified atom stereocenters. The molecule has 1 saturated carbocycles. The number of benzene rings is 1. The zero-order valence-electron chi connectivity index (χ0n) is 12.0. The smallest absolute Gasteiger partial charge is 0.406 e. The molecule has 1 aliphatic rings. The molecule has 20 heavy (non-hydrogen) atoms. The maximum absolute atomic E-state index is 12.1. The van der Waals surface area contributed by atoms with Crippen LogP contribution in [0, 0.1) is 11.3 Å². The van der Waals surface area contributed by atoms with Crippen molar-refractivity contribution in [3.05, 3.63) is 29.8 Å². The lowest BCUT2D eigenvalue weighted by atomic mass is 9.81. The van der Waals surface area contributed by atoms with Crippen molar-refractivity contribution >= 4 is 0 Å². The van der Waals surface area contributed by atoms with E-state index in [1.165, 1.54) is 31.4 Å².